The maximum atomic E-state index is 12.1. The van der Waals surface area contributed by atoms with Gasteiger partial charge in [0, 0.05) is 5.88 Å². The van der Waals surface area contributed by atoms with Gasteiger partial charge in [-0.2, -0.15) is 0 Å². The molecule has 5 heteroatoms. The van der Waals surface area contributed by atoms with Crippen LogP contribution in [0.5, 0.6) is 5.75 Å². The van der Waals surface area contributed by atoms with E-state index in [0.29, 0.717) is 11.4 Å². The Labute approximate surface area is 109 Å². The average Bonchev–Trinajstić information content (AvgIpc) is 2.23. The monoisotopic (exact) mass is 278 g/mol. The van der Waals surface area contributed by atoms with Crippen LogP contribution in [0.4, 0.5) is 13.2 Å². The molecular formula is C13H14ClF3O. The molecule has 18 heavy (non-hydrogen) atoms. The molecule has 1 nitrogen and oxygen atoms in total. The minimum absolute atomic E-state index is 0.228. The molecule has 1 aromatic carbocycles. The fourth-order valence-corrected chi connectivity index (χ4v) is 1.76. The van der Waals surface area contributed by atoms with Gasteiger partial charge in [-0.1, -0.05) is 37.6 Å². The number of benzene rings is 1. The van der Waals surface area contributed by atoms with E-state index in [0.717, 1.165) is 5.57 Å². The van der Waals surface area contributed by atoms with Crippen LogP contribution in [0.3, 0.4) is 0 Å². The summed E-state index contributed by atoms with van der Waals surface area (Å²) in [6, 6.07) is 5.82. The van der Waals surface area contributed by atoms with Crippen molar-refractivity contribution in [3.05, 3.63) is 35.4 Å². The highest BCUT2D eigenvalue weighted by Crippen LogP contribution is 2.25. The first kappa shape index (κ1) is 14.9. The summed E-state index contributed by atoms with van der Waals surface area (Å²) in [7, 11) is 0. The molecule has 0 saturated heterocycles. The molecule has 0 heterocycles. The summed E-state index contributed by atoms with van der Waals surface area (Å²) in [5, 5.41) is 0. The van der Waals surface area contributed by atoms with Crippen LogP contribution in [-0.2, 0) is 0 Å². The summed E-state index contributed by atoms with van der Waals surface area (Å²) in [5.41, 5.74) is 1.60. The number of alkyl halides is 4. The van der Waals surface area contributed by atoms with Crippen LogP contribution in [-0.4, -0.2) is 12.2 Å². The van der Waals surface area contributed by atoms with Crippen LogP contribution in [0.15, 0.2) is 29.8 Å². The fourth-order valence-electron chi connectivity index (χ4n) is 1.38. The SMILES string of the molecule is CC(C)/C(=C/c1cccc(OC(F)(F)F)c1)CCl. The molecule has 0 aliphatic heterocycles. The zero-order chi connectivity index (χ0) is 13.8. The van der Waals surface area contributed by atoms with Crippen LogP contribution in [0.25, 0.3) is 6.08 Å². The Morgan fingerprint density at radius 1 is 1.39 bits per heavy atom. The lowest BCUT2D eigenvalue weighted by molar-refractivity contribution is -0.274. The van der Waals surface area contributed by atoms with Gasteiger partial charge in [0.1, 0.15) is 5.75 Å². The van der Waals surface area contributed by atoms with Crippen LogP contribution < -0.4 is 4.74 Å². The maximum absolute atomic E-state index is 12.1. The first-order chi connectivity index (χ1) is 8.31. The third-order valence-electron chi connectivity index (χ3n) is 2.34. The van der Waals surface area contributed by atoms with Crippen molar-refractivity contribution < 1.29 is 17.9 Å². The molecule has 0 bridgehead atoms. The van der Waals surface area contributed by atoms with Crippen molar-refractivity contribution in [1.29, 1.82) is 0 Å². The summed E-state index contributed by atoms with van der Waals surface area (Å²) in [6.45, 7) is 3.95. The molecule has 0 amide bonds. The molecule has 1 rings (SSSR count). The molecule has 100 valence electrons. The first-order valence-electron chi connectivity index (χ1n) is 5.44. The minimum atomic E-state index is -4.67. The molecule has 0 N–H and O–H groups in total. The summed E-state index contributed by atoms with van der Waals surface area (Å²) in [6.07, 6.45) is -2.89. The molecule has 0 spiro atoms. The van der Waals surface area contributed by atoms with Gasteiger partial charge in [0.05, 0.1) is 0 Å². The van der Waals surface area contributed by atoms with Gasteiger partial charge >= 0.3 is 6.36 Å². The minimum Gasteiger partial charge on any atom is -0.406 e. The summed E-state index contributed by atoms with van der Waals surface area (Å²) in [4.78, 5) is 0. The predicted octanol–water partition coefficient (Wildman–Crippen LogP) is 4.86. The van der Waals surface area contributed by atoms with Gasteiger partial charge in [-0.3, -0.25) is 0 Å². The van der Waals surface area contributed by atoms with Crippen LogP contribution in [0, 0.1) is 5.92 Å². The lowest BCUT2D eigenvalue weighted by Crippen LogP contribution is -2.17. The zero-order valence-electron chi connectivity index (χ0n) is 10.1. The third-order valence-corrected chi connectivity index (χ3v) is 2.65. The van der Waals surface area contributed by atoms with E-state index in [2.05, 4.69) is 4.74 Å². The second kappa shape index (κ2) is 6.14. The lowest BCUT2D eigenvalue weighted by atomic mass is 10.0. The third kappa shape index (κ3) is 5.00. The van der Waals surface area contributed by atoms with E-state index in [1.54, 1.807) is 12.1 Å². The van der Waals surface area contributed by atoms with E-state index in [9.17, 15) is 13.2 Å². The number of ether oxygens (including phenoxy) is 1. The highest BCUT2D eigenvalue weighted by atomic mass is 35.5. The van der Waals surface area contributed by atoms with Gasteiger partial charge in [0.2, 0.25) is 0 Å². The largest absolute Gasteiger partial charge is 0.573 e. The highest BCUT2D eigenvalue weighted by Gasteiger charge is 2.31. The average molecular weight is 279 g/mol. The van der Waals surface area contributed by atoms with Gasteiger partial charge < -0.3 is 4.74 Å². The highest BCUT2D eigenvalue weighted by molar-refractivity contribution is 6.19. The molecule has 0 saturated carbocycles. The van der Waals surface area contributed by atoms with Gasteiger partial charge in [0.25, 0.3) is 0 Å². The van der Waals surface area contributed by atoms with E-state index in [1.807, 2.05) is 13.8 Å². The molecule has 0 aliphatic rings. The molecule has 0 unspecified atom stereocenters. The smallest absolute Gasteiger partial charge is 0.406 e. The van der Waals surface area contributed by atoms with E-state index in [1.165, 1.54) is 18.2 Å². The van der Waals surface area contributed by atoms with E-state index in [-0.39, 0.29) is 11.7 Å². The Morgan fingerprint density at radius 3 is 2.56 bits per heavy atom. The first-order valence-corrected chi connectivity index (χ1v) is 5.97. The Hall–Kier alpha value is -1.16. The second-order valence-corrected chi connectivity index (χ2v) is 4.40. The second-order valence-electron chi connectivity index (χ2n) is 4.13. The Morgan fingerprint density at radius 2 is 2.06 bits per heavy atom. The molecule has 1 aromatic rings. The molecule has 0 radical (unpaired) electrons. The van der Waals surface area contributed by atoms with Gasteiger partial charge in [-0.25, -0.2) is 0 Å². The zero-order valence-corrected chi connectivity index (χ0v) is 10.8. The van der Waals surface area contributed by atoms with E-state index < -0.39 is 6.36 Å². The Kier molecular flexibility index (Phi) is 5.08. The van der Waals surface area contributed by atoms with Crippen molar-refractivity contribution in [3.63, 3.8) is 0 Å². The Bertz CT molecular complexity index is 424. The van der Waals surface area contributed by atoms with Crippen LogP contribution >= 0.6 is 11.6 Å². The molecular weight excluding hydrogens is 265 g/mol. The van der Waals surface area contributed by atoms with Gasteiger partial charge in [-0.15, -0.1) is 24.8 Å². The molecule has 0 atom stereocenters. The number of rotatable bonds is 4. The van der Waals surface area contributed by atoms with Crippen molar-refractivity contribution >= 4 is 17.7 Å². The number of hydrogen-bond donors (Lipinski definition) is 0. The maximum Gasteiger partial charge on any atom is 0.573 e. The summed E-state index contributed by atoms with van der Waals surface area (Å²) < 4.78 is 40.1. The van der Waals surface area contributed by atoms with Crippen molar-refractivity contribution in [2.45, 2.75) is 20.2 Å². The molecule has 0 aliphatic carbocycles. The Balaban J connectivity index is 2.95. The molecule has 0 aromatic heterocycles. The van der Waals surface area contributed by atoms with Crippen LogP contribution in [0.2, 0.25) is 0 Å². The fraction of sp³-hybridized carbons (Fsp3) is 0.385. The van der Waals surface area contributed by atoms with Gasteiger partial charge in [0.15, 0.2) is 0 Å². The van der Waals surface area contributed by atoms with Crippen molar-refractivity contribution in [2.24, 2.45) is 5.92 Å². The van der Waals surface area contributed by atoms with E-state index in [4.69, 9.17) is 11.6 Å². The summed E-state index contributed by atoms with van der Waals surface area (Å²) >= 11 is 5.78. The molecule has 0 fully saturated rings. The number of hydrogen-bond acceptors (Lipinski definition) is 1. The standard InChI is InChI=1S/C13H14ClF3O/c1-9(2)11(8-14)6-10-4-3-5-12(7-10)18-13(15,16)17/h3-7,9H,8H2,1-2H3/b11-6+. The number of halogens is 4. The predicted molar refractivity (Wildman–Crippen MR) is 66.7 cm³/mol. The number of allylic oxidation sites excluding steroid dienone is 1. The lowest BCUT2D eigenvalue weighted by Gasteiger charge is -2.10. The summed E-state index contributed by atoms with van der Waals surface area (Å²) in [5.74, 6) is 0.366. The van der Waals surface area contributed by atoms with Crippen molar-refractivity contribution in [3.8, 4) is 5.75 Å². The van der Waals surface area contributed by atoms with E-state index >= 15 is 0 Å². The van der Waals surface area contributed by atoms with Gasteiger partial charge in [-0.05, 0) is 23.6 Å². The van der Waals surface area contributed by atoms with Crippen LogP contribution in [0.1, 0.15) is 19.4 Å². The van der Waals surface area contributed by atoms with Crippen molar-refractivity contribution in [2.75, 3.05) is 5.88 Å². The normalized spacial score (nSPS) is 12.9. The topological polar surface area (TPSA) is 9.23 Å². The quantitative estimate of drug-likeness (QED) is 0.715. The van der Waals surface area contributed by atoms with Crippen molar-refractivity contribution in [1.82, 2.24) is 0 Å².